The fourth-order valence-electron chi connectivity index (χ4n) is 5.83. The molecule has 3 aliphatic rings. The van der Waals surface area contributed by atoms with E-state index in [0.29, 0.717) is 30.8 Å². The number of methoxy groups -OCH3 is 1. The molecular formula is C28H28N2O6. The standard InChI is InChI=1S/C28H28N2O6/c1-16-12-20-25(27(33)30(26(20)32)28(34)35-2)21-15-36-23(24(16)21)10-9-18(22-8-3-4-11-29-22)13-17-6-5-7-19(31)14-17/h3-8,11,13-14,20-21,23,25,31H,9-10,12,15H2,1-2H3/b18-13-/t20-,21+,23-,25-/m1/s1. The molecule has 2 saturated heterocycles. The molecule has 0 spiro atoms. The summed E-state index contributed by atoms with van der Waals surface area (Å²) in [5.41, 5.74) is 4.84. The smallest absolute Gasteiger partial charge is 0.423 e. The van der Waals surface area contributed by atoms with Gasteiger partial charge in [0, 0.05) is 12.1 Å². The Bertz CT molecular complexity index is 1270. The summed E-state index contributed by atoms with van der Waals surface area (Å²) >= 11 is 0. The molecule has 2 aliphatic heterocycles. The van der Waals surface area contributed by atoms with Gasteiger partial charge in [0.05, 0.1) is 37.4 Å². The lowest BCUT2D eigenvalue weighted by Gasteiger charge is -2.30. The van der Waals surface area contributed by atoms with E-state index in [-0.39, 0.29) is 17.8 Å². The Balaban J connectivity index is 1.39. The highest BCUT2D eigenvalue weighted by Gasteiger charge is 2.58. The molecule has 0 saturated carbocycles. The number of carbonyl (C=O) groups is 3. The zero-order valence-electron chi connectivity index (χ0n) is 20.2. The monoisotopic (exact) mass is 488 g/mol. The zero-order valence-corrected chi connectivity index (χ0v) is 20.2. The number of rotatable bonds is 5. The lowest BCUT2D eigenvalue weighted by atomic mass is 9.70. The predicted octanol–water partition coefficient (Wildman–Crippen LogP) is 4.21. The van der Waals surface area contributed by atoms with Crippen LogP contribution in [0.4, 0.5) is 4.79 Å². The molecule has 3 heterocycles. The van der Waals surface area contributed by atoms with E-state index in [4.69, 9.17) is 4.74 Å². The van der Waals surface area contributed by atoms with Crippen molar-refractivity contribution in [1.29, 1.82) is 0 Å². The van der Waals surface area contributed by atoms with Crippen molar-refractivity contribution in [3.05, 3.63) is 71.1 Å². The summed E-state index contributed by atoms with van der Waals surface area (Å²) in [6.45, 7) is 2.32. The molecule has 4 atom stereocenters. The van der Waals surface area contributed by atoms with Crippen LogP contribution in [0.5, 0.6) is 5.75 Å². The van der Waals surface area contributed by atoms with Crippen LogP contribution in [0.15, 0.2) is 59.8 Å². The Morgan fingerprint density at radius 2 is 2.03 bits per heavy atom. The highest BCUT2D eigenvalue weighted by atomic mass is 16.5. The maximum absolute atomic E-state index is 13.1. The van der Waals surface area contributed by atoms with Crippen LogP contribution in [0, 0.1) is 17.8 Å². The fourth-order valence-corrected chi connectivity index (χ4v) is 5.83. The van der Waals surface area contributed by atoms with Crippen molar-refractivity contribution in [2.75, 3.05) is 13.7 Å². The number of carbonyl (C=O) groups excluding carboxylic acids is 3. The van der Waals surface area contributed by atoms with Crippen molar-refractivity contribution >= 4 is 29.6 Å². The van der Waals surface area contributed by atoms with E-state index < -0.39 is 29.7 Å². The van der Waals surface area contributed by atoms with Crippen LogP contribution < -0.4 is 0 Å². The molecule has 2 aromatic rings. The van der Waals surface area contributed by atoms with Gasteiger partial charge in [0.25, 0.3) is 0 Å². The number of fused-ring (bicyclic) bond motifs is 3. The SMILES string of the molecule is COC(=O)N1C(=O)[C@@H]2[C@@H](CC(C)=C3[C@@H](CC/C(=C/c4cccc(O)c4)c4ccccn4)OC[C@@H]32)C1=O. The van der Waals surface area contributed by atoms with Gasteiger partial charge in [-0.15, -0.1) is 0 Å². The van der Waals surface area contributed by atoms with Crippen molar-refractivity contribution in [2.24, 2.45) is 17.8 Å². The van der Waals surface area contributed by atoms with E-state index in [1.165, 1.54) is 0 Å². The van der Waals surface area contributed by atoms with Gasteiger partial charge < -0.3 is 14.6 Å². The summed E-state index contributed by atoms with van der Waals surface area (Å²) < 4.78 is 10.9. The van der Waals surface area contributed by atoms with E-state index in [9.17, 15) is 19.5 Å². The summed E-state index contributed by atoms with van der Waals surface area (Å²) in [4.78, 5) is 43.2. The number of nitrogens with zero attached hydrogens (tertiary/aromatic N) is 2. The Morgan fingerprint density at radius 3 is 2.75 bits per heavy atom. The first-order valence-electron chi connectivity index (χ1n) is 12.1. The number of hydrogen-bond acceptors (Lipinski definition) is 7. The highest BCUT2D eigenvalue weighted by Crippen LogP contribution is 2.50. The molecule has 1 aromatic carbocycles. The average Bonchev–Trinajstić information content (AvgIpc) is 3.41. The molecular weight excluding hydrogens is 460 g/mol. The number of phenols is 1. The van der Waals surface area contributed by atoms with Crippen molar-refractivity contribution < 1.29 is 29.0 Å². The summed E-state index contributed by atoms with van der Waals surface area (Å²) in [6.07, 6.45) is 4.41. The number of aromatic hydroxyl groups is 1. The minimum Gasteiger partial charge on any atom is -0.508 e. The van der Waals surface area contributed by atoms with Crippen molar-refractivity contribution in [2.45, 2.75) is 32.3 Å². The quantitative estimate of drug-likeness (QED) is 0.496. The topological polar surface area (TPSA) is 106 Å². The van der Waals surface area contributed by atoms with E-state index in [1.807, 2.05) is 37.3 Å². The van der Waals surface area contributed by atoms with Crippen LogP contribution in [-0.4, -0.2) is 52.7 Å². The second-order valence-electron chi connectivity index (χ2n) is 9.50. The van der Waals surface area contributed by atoms with Gasteiger partial charge in [-0.3, -0.25) is 14.6 Å². The molecule has 8 heteroatoms. The van der Waals surface area contributed by atoms with Crippen molar-refractivity contribution in [3.63, 3.8) is 0 Å². The number of imide groups is 3. The molecule has 0 unspecified atom stereocenters. The third-order valence-electron chi connectivity index (χ3n) is 7.39. The van der Waals surface area contributed by atoms with Crippen LogP contribution in [0.25, 0.3) is 11.6 Å². The van der Waals surface area contributed by atoms with Gasteiger partial charge in [0.1, 0.15) is 5.75 Å². The normalized spacial score (nSPS) is 25.7. The van der Waals surface area contributed by atoms with Gasteiger partial charge in [-0.25, -0.2) is 4.79 Å². The third-order valence-corrected chi connectivity index (χ3v) is 7.39. The van der Waals surface area contributed by atoms with Crippen LogP contribution in [0.3, 0.4) is 0 Å². The summed E-state index contributed by atoms with van der Waals surface area (Å²) in [7, 11) is 1.16. The van der Waals surface area contributed by atoms with E-state index >= 15 is 0 Å². The second-order valence-corrected chi connectivity index (χ2v) is 9.50. The lowest BCUT2D eigenvalue weighted by Crippen LogP contribution is -2.37. The number of phenolic OH excluding ortho intramolecular Hbond substituents is 1. The summed E-state index contributed by atoms with van der Waals surface area (Å²) in [5.74, 6) is -2.16. The molecule has 1 aromatic heterocycles. The maximum atomic E-state index is 13.1. The molecule has 36 heavy (non-hydrogen) atoms. The number of hydrogen-bond donors (Lipinski definition) is 1. The van der Waals surface area contributed by atoms with Gasteiger partial charge in [-0.05, 0) is 73.2 Å². The highest BCUT2D eigenvalue weighted by molar-refractivity contribution is 6.16. The number of benzene rings is 1. The summed E-state index contributed by atoms with van der Waals surface area (Å²) in [6, 6.07) is 12.8. The lowest BCUT2D eigenvalue weighted by molar-refractivity contribution is -0.137. The van der Waals surface area contributed by atoms with E-state index in [1.54, 1.807) is 24.4 Å². The maximum Gasteiger partial charge on any atom is 0.423 e. The molecule has 8 nitrogen and oxygen atoms in total. The number of allylic oxidation sites excluding steroid dienone is 2. The van der Waals surface area contributed by atoms with Crippen LogP contribution in [0.2, 0.25) is 0 Å². The van der Waals surface area contributed by atoms with Crippen molar-refractivity contribution in [3.8, 4) is 5.75 Å². The van der Waals surface area contributed by atoms with Gasteiger partial charge in [-0.1, -0.05) is 23.8 Å². The number of amides is 3. The Hall–Kier alpha value is -3.78. The number of pyridine rings is 1. The van der Waals surface area contributed by atoms with Crippen LogP contribution in [0.1, 0.15) is 37.4 Å². The van der Waals surface area contributed by atoms with Crippen LogP contribution >= 0.6 is 0 Å². The molecule has 2 fully saturated rings. The van der Waals surface area contributed by atoms with Gasteiger partial charge in [0.2, 0.25) is 11.8 Å². The first-order valence-corrected chi connectivity index (χ1v) is 12.1. The average molecular weight is 489 g/mol. The number of ether oxygens (including phenoxy) is 2. The number of aromatic nitrogens is 1. The summed E-state index contributed by atoms with van der Waals surface area (Å²) in [5, 5.41) is 9.89. The Morgan fingerprint density at radius 1 is 1.19 bits per heavy atom. The van der Waals surface area contributed by atoms with Gasteiger partial charge in [-0.2, -0.15) is 4.90 Å². The minimum absolute atomic E-state index is 0.192. The molecule has 1 N–H and O–H groups in total. The van der Waals surface area contributed by atoms with E-state index in [2.05, 4.69) is 9.72 Å². The fraction of sp³-hybridized carbons (Fsp3) is 0.357. The first kappa shape index (κ1) is 23.9. The molecule has 0 bridgehead atoms. The Labute approximate surface area is 209 Å². The molecule has 0 radical (unpaired) electrons. The van der Waals surface area contributed by atoms with Gasteiger partial charge in [0.15, 0.2) is 0 Å². The van der Waals surface area contributed by atoms with E-state index in [0.717, 1.165) is 35.1 Å². The van der Waals surface area contributed by atoms with Gasteiger partial charge >= 0.3 is 6.09 Å². The second kappa shape index (κ2) is 9.70. The molecule has 186 valence electrons. The molecule has 5 rings (SSSR count). The zero-order chi connectivity index (χ0) is 25.4. The minimum atomic E-state index is -0.925. The third kappa shape index (κ3) is 4.22. The molecule has 1 aliphatic carbocycles. The predicted molar refractivity (Wildman–Crippen MR) is 131 cm³/mol. The Kier molecular flexibility index (Phi) is 6.45. The van der Waals surface area contributed by atoms with Crippen molar-refractivity contribution in [1.82, 2.24) is 9.88 Å². The van der Waals surface area contributed by atoms with Crippen LogP contribution in [-0.2, 0) is 19.1 Å². The first-order chi connectivity index (χ1) is 17.4. The largest absolute Gasteiger partial charge is 0.508 e. The number of likely N-dealkylation sites (tertiary alicyclic amines) is 1. The molecule has 3 amide bonds.